The fraction of sp³-hybridized carbons (Fsp3) is 0.650. The number of guanidine groups is 1. The minimum atomic E-state index is 0. The summed E-state index contributed by atoms with van der Waals surface area (Å²) in [7, 11) is 0. The molecule has 3 N–H and O–H groups in total. The molecule has 1 aromatic rings. The first kappa shape index (κ1) is 25.1. The summed E-state index contributed by atoms with van der Waals surface area (Å²) in [4.78, 5) is 7.14. The molecule has 0 heterocycles. The predicted octanol–water partition coefficient (Wildman–Crippen LogP) is 3.36. The van der Waals surface area contributed by atoms with Gasteiger partial charge in [0.15, 0.2) is 5.96 Å². The van der Waals surface area contributed by atoms with Crippen LogP contribution in [0.1, 0.15) is 51.7 Å². The Morgan fingerprint density at radius 3 is 2.38 bits per heavy atom. The number of aliphatic hydroxyl groups excluding tert-OH is 1. The van der Waals surface area contributed by atoms with Crippen LogP contribution in [0.25, 0.3) is 0 Å². The van der Waals surface area contributed by atoms with Gasteiger partial charge in [-0.15, -0.1) is 24.0 Å². The maximum atomic E-state index is 9.43. The largest absolute Gasteiger partial charge is 0.392 e. The Morgan fingerprint density at radius 1 is 1.15 bits per heavy atom. The third-order valence-corrected chi connectivity index (χ3v) is 4.43. The molecule has 6 heteroatoms. The third kappa shape index (κ3) is 9.73. The second kappa shape index (κ2) is 15.2. The highest BCUT2D eigenvalue weighted by Gasteiger charge is 2.07. The van der Waals surface area contributed by atoms with E-state index in [-0.39, 0.29) is 30.6 Å². The maximum Gasteiger partial charge on any atom is 0.191 e. The lowest BCUT2D eigenvalue weighted by Gasteiger charge is -2.21. The molecule has 150 valence electrons. The van der Waals surface area contributed by atoms with Gasteiger partial charge in [-0.2, -0.15) is 0 Å². The van der Waals surface area contributed by atoms with Crippen molar-refractivity contribution in [2.75, 3.05) is 26.2 Å². The van der Waals surface area contributed by atoms with Crippen molar-refractivity contribution in [3.63, 3.8) is 0 Å². The van der Waals surface area contributed by atoms with Gasteiger partial charge in [0.2, 0.25) is 0 Å². The number of benzene rings is 1. The van der Waals surface area contributed by atoms with Crippen LogP contribution < -0.4 is 10.6 Å². The molecule has 0 aliphatic rings. The SMILES string of the molecule is CCNC(=NCc1ccccc1CO)NC(C)CCCN(CC)CC.I. The molecule has 0 aliphatic carbocycles. The highest BCUT2D eigenvalue weighted by molar-refractivity contribution is 14.0. The zero-order chi connectivity index (χ0) is 18.5. The molecular weight excluding hydrogens is 439 g/mol. The predicted molar refractivity (Wildman–Crippen MR) is 122 cm³/mol. The van der Waals surface area contributed by atoms with Crippen molar-refractivity contribution in [1.82, 2.24) is 15.5 Å². The topological polar surface area (TPSA) is 59.9 Å². The van der Waals surface area contributed by atoms with E-state index < -0.39 is 0 Å². The van der Waals surface area contributed by atoms with Gasteiger partial charge < -0.3 is 20.6 Å². The minimum Gasteiger partial charge on any atom is -0.392 e. The first-order valence-corrected chi connectivity index (χ1v) is 9.59. The average Bonchev–Trinajstić information content (AvgIpc) is 2.63. The van der Waals surface area contributed by atoms with Gasteiger partial charge in [0.25, 0.3) is 0 Å². The smallest absolute Gasteiger partial charge is 0.191 e. The monoisotopic (exact) mass is 476 g/mol. The zero-order valence-corrected chi connectivity index (χ0v) is 19.1. The Balaban J connectivity index is 0.00000625. The molecule has 1 atom stereocenters. The summed E-state index contributed by atoms with van der Waals surface area (Å²) in [6.07, 6.45) is 2.30. The lowest BCUT2D eigenvalue weighted by atomic mass is 10.1. The van der Waals surface area contributed by atoms with E-state index in [4.69, 9.17) is 0 Å². The molecule has 1 unspecified atom stereocenters. The van der Waals surface area contributed by atoms with Gasteiger partial charge in [-0.1, -0.05) is 38.1 Å². The third-order valence-electron chi connectivity index (χ3n) is 4.43. The summed E-state index contributed by atoms with van der Waals surface area (Å²) in [6, 6.07) is 8.27. The molecule has 0 aliphatic heterocycles. The second-order valence-electron chi connectivity index (χ2n) is 6.34. The van der Waals surface area contributed by atoms with Crippen LogP contribution in [0.4, 0.5) is 0 Å². The number of nitrogens with one attached hydrogen (secondary N) is 2. The number of aliphatic imine (C=N–C) groups is 1. The lowest BCUT2D eigenvalue weighted by Crippen LogP contribution is -2.42. The molecule has 0 saturated heterocycles. The summed E-state index contributed by atoms with van der Waals surface area (Å²) in [5, 5.41) is 16.2. The number of hydrogen-bond acceptors (Lipinski definition) is 3. The molecule has 0 amide bonds. The number of rotatable bonds is 11. The van der Waals surface area contributed by atoms with Crippen LogP contribution >= 0.6 is 24.0 Å². The van der Waals surface area contributed by atoms with E-state index in [0.717, 1.165) is 49.7 Å². The molecule has 26 heavy (non-hydrogen) atoms. The van der Waals surface area contributed by atoms with Crippen LogP contribution in [-0.2, 0) is 13.2 Å². The van der Waals surface area contributed by atoms with Gasteiger partial charge in [-0.25, -0.2) is 4.99 Å². The van der Waals surface area contributed by atoms with E-state index in [9.17, 15) is 5.11 Å². The number of aliphatic hydroxyl groups is 1. The van der Waals surface area contributed by atoms with Crippen LogP contribution in [0.3, 0.4) is 0 Å². The van der Waals surface area contributed by atoms with Crippen LogP contribution in [0.5, 0.6) is 0 Å². The standard InChI is InChI=1S/C20H36N4O.HI/c1-5-21-20(22-15-18-12-8-9-13-19(18)16-25)23-17(4)11-10-14-24(6-2)7-3;/h8-9,12-13,17,25H,5-7,10-11,14-16H2,1-4H3,(H2,21,22,23);1H. The molecule has 0 bridgehead atoms. The maximum absolute atomic E-state index is 9.43. The van der Waals surface area contributed by atoms with E-state index in [1.807, 2.05) is 24.3 Å². The number of hydrogen-bond donors (Lipinski definition) is 3. The van der Waals surface area contributed by atoms with Gasteiger partial charge in [-0.05, 0) is 57.5 Å². The lowest BCUT2D eigenvalue weighted by molar-refractivity contribution is 0.280. The number of halogens is 1. The summed E-state index contributed by atoms with van der Waals surface area (Å²) in [5.41, 5.74) is 2.01. The van der Waals surface area contributed by atoms with E-state index in [0.29, 0.717) is 12.6 Å². The van der Waals surface area contributed by atoms with Crippen LogP contribution in [0.15, 0.2) is 29.3 Å². The van der Waals surface area contributed by atoms with Crippen molar-refractivity contribution in [3.05, 3.63) is 35.4 Å². The van der Waals surface area contributed by atoms with E-state index in [1.165, 1.54) is 6.42 Å². The Hall–Kier alpha value is -0.860. The Kier molecular flexibility index (Phi) is 14.7. The van der Waals surface area contributed by atoms with Crippen molar-refractivity contribution in [1.29, 1.82) is 0 Å². The van der Waals surface area contributed by atoms with Crippen molar-refractivity contribution in [2.45, 2.75) is 59.7 Å². The van der Waals surface area contributed by atoms with Gasteiger partial charge in [0.1, 0.15) is 0 Å². The molecule has 0 radical (unpaired) electrons. The fourth-order valence-corrected chi connectivity index (χ4v) is 2.82. The van der Waals surface area contributed by atoms with Gasteiger partial charge >= 0.3 is 0 Å². The van der Waals surface area contributed by atoms with Crippen molar-refractivity contribution in [2.24, 2.45) is 4.99 Å². The quantitative estimate of drug-likeness (QED) is 0.261. The summed E-state index contributed by atoms with van der Waals surface area (Å²) >= 11 is 0. The molecule has 0 fully saturated rings. The Bertz CT molecular complexity index is 506. The summed E-state index contributed by atoms with van der Waals surface area (Å²) < 4.78 is 0. The van der Waals surface area contributed by atoms with Gasteiger partial charge in [0, 0.05) is 12.6 Å². The Labute approximate surface area is 176 Å². The molecule has 0 saturated carbocycles. The molecule has 0 aromatic heterocycles. The first-order valence-electron chi connectivity index (χ1n) is 9.59. The van der Waals surface area contributed by atoms with Crippen LogP contribution in [0.2, 0.25) is 0 Å². The van der Waals surface area contributed by atoms with Crippen molar-refractivity contribution >= 4 is 29.9 Å². The Morgan fingerprint density at radius 2 is 1.81 bits per heavy atom. The van der Waals surface area contributed by atoms with Crippen LogP contribution in [-0.4, -0.2) is 48.2 Å². The molecule has 0 spiro atoms. The van der Waals surface area contributed by atoms with E-state index in [1.54, 1.807) is 0 Å². The highest BCUT2D eigenvalue weighted by Crippen LogP contribution is 2.10. The van der Waals surface area contributed by atoms with Crippen LogP contribution in [0, 0.1) is 0 Å². The molecule has 5 nitrogen and oxygen atoms in total. The van der Waals surface area contributed by atoms with Gasteiger partial charge in [0.05, 0.1) is 13.2 Å². The summed E-state index contributed by atoms with van der Waals surface area (Å²) in [5.74, 6) is 0.839. The van der Waals surface area contributed by atoms with E-state index >= 15 is 0 Å². The van der Waals surface area contributed by atoms with Crippen molar-refractivity contribution in [3.8, 4) is 0 Å². The molecular formula is C20H37IN4O. The minimum absolute atomic E-state index is 0. The fourth-order valence-electron chi connectivity index (χ4n) is 2.82. The highest BCUT2D eigenvalue weighted by atomic mass is 127. The van der Waals surface area contributed by atoms with E-state index in [2.05, 4.69) is 48.2 Å². The molecule has 1 rings (SSSR count). The van der Waals surface area contributed by atoms with Gasteiger partial charge in [-0.3, -0.25) is 0 Å². The van der Waals surface area contributed by atoms with Crippen molar-refractivity contribution < 1.29 is 5.11 Å². The molecule has 1 aromatic carbocycles. The zero-order valence-electron chi connectivity index (χ0n) is 16.8. The number of nitrogens with zero attached hydrogens (tertiary/aromatic N) is 2. The normalized spacial score (nSPS) is 12.6. The average molecular weight is 476 g/mol. The second-order valence-corrected chi connectivity index (χ2v) is 6.34. The summed E-state index contributed by atoms with van der Waals surface area (Å²) in [6.45, 7) is 13.5. The first-order chi connectivity index (χ1) is 12.1.